The highest BCUT2D eigenvalue weighted by Gasteiger charge is 2.29. The SMILES string of the molecule is Cc1cccn2nc(NCC3(O)CCCCC3)nc12. The van der Waals surface area contributed by atoms with Gasteiger partial charge in [0.2, 0.25) is 5.95 Å². The molecule has 19 heavy (non-hydrogen) atoms. The van der Waals surface area contributed by atoms with Crippen LogP contribution in [-0.4, -0.2) is 31.9 Å². The molecule has 0 aromatic carbocycles. The molecule has 3 rings (SSSR count). The van der Waals surface area contributed by atoms with Gasteiger partial charge in [0.15, 0.2) is 5.65 Å². The Morgan fingerprint density at radius 3 is 2.89 bits per heavy atom. The lowest BCUT2D eigenvalue weighted by Gasteiger charge is -2.31. The third-order valence-electron chi connectivity index (χ3n) is 3.92. The largest absolute Gasteiger partial charge is 0.388 e. The first kappa shape index (κ1) is 12.4. The molecule has 1 aliphatic rings. The van der Waals surface area contributed by atoms with Gasteiger partial charge in [0.25, 0.3) is 0 Å². The topological polar surface area (TPSA) is 62.5 Å². The van der Waals surface area contributed by atoms with Crippen LogP contribution < -0.4 is 5.32 Å². The number of aliphatic hydroxyl groups is 1. The Labute approximate surface area is 112 Å². The number of fused-ring (bicyclic) bond motifs is 1. The summed E-state index contributed by atoms with van der Waals surface area (Å²) in [5.74, 6) is 0.591. The van der Waals surface area contributed by atoms with E-state index in [-0.39, 0.29) is 0 Å². The number of aromatic nitrogens is 3. The first-order valence-corrected chi connectivity index (χ1v) is 6.95. The van der Waals surface area contributed by atoms with Crippen LogP contribution in [0.1, 0.15) is 37.7 Å². The number of rotatable bonds is 3. The molecule has 1 aliphatic carbocycles. The Kier molecular flexibility index (Phi) is 3.14. The Morgan fingerprint density at radius 2 is 2.16 bits per heavy atom. The van der Waals surface area contributed by atoms with E-state index in [0.29, 0.717) is 12.5 Å². The van der Waals surface area contributed by atoms with Crippen molar-refractivity contribution in [1.82, 2.24) is 14.6 Å². The molecule has 5 nitrogen and oxygen atoms in total. The minimum absolute atomic E-state index is 0.531. The van der Waals surface area contributed by atoms with Gasteiger partial charge in [0.05, 0.1) is 5.60 Å². The molecule has 0 amide bonds. The van der Waals surface area contributed by atoms with E-state index < -0.39 is 5.60 Å². The zero-order valence-corrected chi connectivity index (χ0v) is 11.3. The van der Waals surface area contributed by atoms with Crippen molar-refractivity contribution < 1.29 is 5.11 Å². The fourth-order valence-electron chi connectivity index (χ4n) is 2.74. The van der Waals surface area contributed by atoms with E-state index in [4.69, 9.17) is 0 Å². The number of anilines is 1. The Hall–Kier alpha value is -1.62. The molecule has 2 aromatic heterocycles. The van der Waals surface area contributed by atoms with E-state index in [1.165, 1.54) is 6.42 Å². The average Bonchev–Trinajstić information content (AvgIpc) is 2.82. The van der Waals surface area contributed by atoms with Gasteiger partial charge in [-0.2, -0.15) is 4.98 Å². The number of hydrogen-bond donors (Lipinski definition) is 2. The number of nitrogens with one attached hydrogen (secondary N) is 1. The van der Waals surface area contributed by atoms with Crippen LogP contribution in [0, 0.1) is 6.92 Å². The highest BCUT2D eigenvalue weighted by molar-refractivity contribution is 5.49. The molecule has 0 saturated heterocycles. The molecule has 0 spiro atoms. The minimum atomic E-state index is -0.592. The molecule has 1 saturated carbocycles. The molecule has 1 fully saturated rings. The van der Waals surface area contributed by atoms with E-state index in [2.05, 4.69) is 15.4 Å². The smallest absolute Gasteiger partial charge is 0.243 e. The molecule has 2 heterocycles. The summed E-state index contributed by atoms with van der Waals surface area (Å²) >= 11 is 0. The van der Waals surface area contributed by atoms with Crippen molar-refractivity contribution in [3.63, 3.8) is 0 Å². The number of nitrogens with zero attached hydrogens (tertiary/aromatic N) is 3. The van der Waals surface area contributed by atoms with Crippen LogP contribution in [0.15, 0.2) is 18.3 Å². The maximum absolute atomic E-state index is 10.4. The van der Waals surface area contributed by atoms with Crippen molar-refractivity contribution in [2.75, 3.05) is 11.9 Å². The second kappa shape index (κ2) is 4.81. The molecule has 5 heteroatoms. The zero-order chi connectivity index (χ0) is 13.3. The summed E-state index contributed by atoms with van der Waals surface area (Å²) in [6, 6.07) is 3.97. The lowest BCUT2D eigenvalue weighted by Crippen LogP contribution is -2.39. The van der Waals surface area contributed by atoms with Crippen molar-refractivity contribution in [2.24, 2.45) is 0 Å². The van der Waals surface area contributed by atoms with Crippen LogP contribution in [0.5, 0.6) is 0 Å². The summed E-state index contributed by atoms with van der Waals surface area (Å²) < 4.78 is 1.77. The van der Waals surface area contributed by atoms with Gasteiger partial charge in [-0.3, -0.25) is 0 Å². The molecule has 0 unspecified atom stereocenters. The summed E-state index contributed by atoms with van der Waals surface area (Å²) in [6.07, 6.45) is 7.06. The van der Waals surface area contributed by atoms with Gasteiger partial charge in [0.1, 0.15) is 0 Å². The standard InChI is InChI=1S/C14H20N4O/c1-11-6-5-9-18-12(11)16-13(17-18)15-10-14(19)7-3-2-4-8-14/h5-6,9,19H,2-4,7-8,10H2,1H3,(H,15,17). The predicted molar refractivity (Wildman–Crippen MR) is 74.2 cm³/mol. The van der Waals surface area contributed by atoms with Gasteiger partial charge >= 0.3 is 0 Å². The maximum Gasteiger partial charge on any atom is 0.243 e. The van der Waals surface area contributed by atoms with Crippen LogP contribution in [0.4, 0.5) is 5.95 Å². The quantitative estimate of drug-likeness (QED) is 0.887. The van der Waals surface area contributed by atoms with Crippen molar-refractivity contribution >= 4 is 11.6 Å². The third-order valence-corrected chi connectivity index (χ3v) is 3.92. The fraction of sp³-hybridized carbons (Fsp3) is 0.571. The lowest BCUT2D eigenvalue weighted by atomic mass is 9.85. The van der Waals surface area contributed by atoms with Gasteiger partial charge in [0, 0.05) is 12.7 Å². The summed E-state index contributed by atoms with van der Waals surface area (Å²) in [5.41, 5.74) is 1.37. The van der Waals surface area contributed by atoms with Gasteiger partial charge in [-0.05, 0) is 31.4 Å². The second-order valence-electron chi connectivity index (χ2n) is 5.53. The normalized spacial score (nSPS) is 18.6. The molecular weight excluding hydrogens is 240 g/mol. The van der Waals surface area contributed by atoms with Crippen molar-refractivity contribution in [3.05, 3.63) is 23.9 Å². The summed E-state index contributed by atoms with van der Waals surface area (Å²) in [6.45, 7) is 2.55. The van der Waals surface area contributed by atoms with Crippen LogP contribution in [0.25, 0.3) is 5.65 Å². The second-order valence-corrected chi connectivity index (χ2v) is 5.53. The van der Waals surface area contributed by atoms with Crippen molar-refractivity contribution in [2.45, 2.75) is 44.6 Å². The fourth-order valence-corrected chi connectivity index (χ4v) is 2.74. The summed E-state index contributed by atoms with van der Waals surface area (Å²) in [7, 11) is 0. The van der Waals surface area contributed by atoms with Gasteiger partial charge < -0.3 is 10.4 Å². The van der Waals surface area contributed by atoms with E-state index in [9.17, 15) is 5.11 Å². The zero-order valence-electron chi connectivity index (χ0n) is 11.3. The molecular formula is C14H20N4O. The first-order chi connectivity index (χ1) is 9.16. The maximum atomic E-state index is 10.4. The molecule has 0 atom stereocenters. The average molecular weight is 260 g/mol. The Morgan fingerprint density at radius 1 is 1.37 bits per heavy atom. The van der Waals surface area contributed by atoms with Crippen LogP contribution >= 0.6 is 0 Å². The van der Waals surface area contributed by atoms with Crippen molar-refractivity contribution in [1.29, 1.82) is 0 Å². The monoisotopic (exact) mass is 260 g/mol. The highest BCUT2D eigenvalue weighted by atomic mass is 16.3. The van der Waals surface area contributed by atoms with Crippen LogP contribution in [0.2, 0.25) is 0 Å². The van der Waals surface area contributed by atoms with Gasteiger partial charge in [-0.15, -0.1) is 5.10 Å². The first-order valence-electron chi connectivity index (χ1n) is 6.95. The lowest BCUT2D eigenvalue weighted by molar-refractivity contribution is 0.0166. The summed E-state index contributed by atoms with van der Waals surface area (Å²) in [4.78, 5) is 4.46. The van der Waals surface area contributed by atoms with Crippen molar-refractivity contribution in [3.8, 4) is 0 Å². The van der Waals surface area contributed by atoms with Gasteiger partial charge in [-0.25, -0.2) is 4.52 Å². The number of pyridine rings is 1. The number of hydrogen-bond acceptors (Lipinski definition) is 4. The van der Waals surface area contributed by atoms with Crippen LogP contribution in [-0.2, 0) is 0 Å². The Bertz CT molecular complexity index is 572. The molecule has 0 radical (unpaired) electrons. The number of aryl methyl sites for hydroxylation is 1. The van der Waals surface area contributed by atoms with E-state index in [0.717, 1.165) is 36.9 Å². The molecule has 2 aromatic rings. The van der Waals surface area contributed by atoms with E-state index in [1.807, 2.05) is 25.3 Å². The van der Waals surface area contributed by atoms with E-state index in [1.54, 1.807) is 4.52 Å². The predicted octanol–water partition coefficient (Wildman–Crippen LogP) is 2.14. The molecule has 102 valence electrons. The minimum Gasteiger partial charge on any atom is -0.388 e. The highest BCUT2D eigenvalue weighted by Crippen LogP contribution is 2.28. The molecule has 0 aliphatic heterocycles. The molecule has 0 bridgehead atoms. The molecule has 2 N–H and O–H groups in total. The third kappa shape index (κ3) is 2.56. The van der Waals surface area contributed by atoms with Crippen LogP contribution in [0.3, 0.4) is 0 Å². The van der Waals surface area contributed by atoms with E-state index >= 15 is 0 Å². The van der Waals surface area contributed by atoms with Gasteiger partial charge in [-0.1, -0.05) is 25.3 Å². The Balaban J connectivity index is 1.73. The summed E-state index contributed by atoms with van der Waals surface area (Å²) in [5, 5.41) is 18.0.